The fourth-order valence-corrected chi connectivity index (χ4v) is 5.83. The van der Waals surface area contributed by atoms with E-state index in [1.54, 1.807) is 10.9 Å². The molecule has 0 radical (unpaired) electrons. The molecular formula is C21H31ClN9O7P. The molecule has 18 heteroatoms. The van der Waals surface area contributed by atoms with Gasteiger partial charge in [0.1, 0.15) is 12.4 Å². The van der Waals surface area contributed by atoms with Gasteiger partial charge in [-0.25, -0.2) is 4.68 Å². The number of anilines is 1. The topological polar surface area (TPSA) is 205 Å². The molecule has 16 nitrogen and oxygen atoms in total. The van der Waals surface area contributed by atoms with Gasteiger partial charge in [-0.15, -0.1) is 10.2 Å². The number of ether oxygens (including phenoxy) is 4. The van der Waals surface area contributed by atoms with Crippen LogP contribution in [-0.2, 0) is 30.1 Å². The first-order chi connectivity index (χ1) is 18.8. The van der Waals surface area contributed by atoms with E-state index >= 15 is 0 Å². The van der Waals surface area contributed by atoms with E-state index in [9.17, 15) is 14.4 Å². The lowest BCUT2D eigenvalue weighted by atomic mass is 10.2. The molecule has 0 amide bonds. The minimum atomic E-state index is -4.85. The van der Waals surface area contributed by atoms with Crippen molar-refractivity contribution in [2.24, 2.45) is 0 Å². The number of aromatic amines is 1. The first-order valence-electron chi connectivity index (χ1n) is 12.6. The first-order valence-corrected chi connectivity index (χ1v) is 14.6. The van der Waals surface area contributed by atoms with E-state index in [4.69, 9.17) is 30.5 Å². The highest BCUT2D eigenvalue weighted by Crippen LogP contribution is 2.52. The lowest BCUT2D eigenvalue weighted by molar-refractivity contribution is -0.126. The van der Waals surface area contributed by atoms with Crippen LogP contribution in [0.5, 0.6) is 0 Å². The van der Waals surface area contributed by atoms with E-state index in [0.717, 1.165) is 18.2 Å². The SMILES string of the molecule is COC[C@@](COCc1nn[nH]n1)(OC[C@@H]1CC[C@H](n2ncc3c(NC4CCCC4)nc(Cl)nc32)O1)P(=O)(O)O. The molecule has 1 aliphatic carbocycles. The molecular weight excluding hydrogens is 557 g/mol. The Morgan fingerprint density at radius 2 is 2.08 bits per heavy atom. The Morgan fingerprint density at radius 1 is 1.26 bits per heavy atom. The van der Waals surface area contributed by atoms with Crippen molar-refractivity contribution in [3.63, 3.8) is 0 Å². The Labute approximate surface area is 228 Å². The van der Waals surface area contributed by atoms with Gasteiger partial charge in [0.2, 0.25) is 10.6 Å². The molecule has 214 valence electrons. The molecule has 3 atom stereocenters. The predicted octanol–water partition coefficient (Wildman–Crippen LogP) is 1.78. The number of fused-ring (bicyclic) bond motifs is 1. The molecule has 0 unspecified atom stereocenters. The molecule has 1 saturated heterocycles. The highest BCUT2D eigenvalue weighted by molar-refractivity contribution is 7.53. The van der Waals surface area contributed by atoms with Crippen LogP contribution < -0.4 is 5.32 Å². The Bertz CT molecular complexity index is 1290. The maximum absolute atomic E-state index is 12.5. The van der Waals surface area contributed by atoms with Crippen LogP contribution in [-0.4, -0.2) is 94.6 Å². The third-order valence-corrected chi connectivity index (χ3v) is 8.49. The number of halogens is 1. The molecule has 2 fully saturated rings. The lowest BCUT2D eigenvalue weighted by Crippen LogP contribution is -2.44. The van der Waals surface area contributed by atoms with Crippen molar-refractivity contribution in [1.29, 1.82) is 0 Å². The third-order valence-electron chi connectivity index (χ3n) is 6.87. The van der Waals surface area contributed by atoms with Gasteiger partial charge < -0.3 is 34.1 Å². The van der Waals surface area contributed by atoms with Gasteiger partial charge in [-0.1, -0.05) is 18.1 Å². The molecule has 0 spiro atoms. The zero-order valence-corrected chi connectivity index (χ0v) is 22.9. The second-order valence-electron chi connectivity index (χ2n) is 9.64. The van der Waals surface area contributed by atoms with Crippen LogP contribution in [0.25, 0.3) is 11.0 Å². The number of H-pyrrole nitrogens is 1. The van der Waals surface area contributed by atoms with Crippen molar-refractivity contribution in [2.45, 2.75) is 68.8 Å². The summed E-state index contributed by atoms with van der Waals surface area (Å²) in [5, 5.41) is 20.0. The van der Waals surface area contributed by atoms with Crippen molar-refractivity contribution >= 4 is 36.0 Å². The van der Waals surface area contributed by atoms with Crippen molar-refractivity contribution in [1.82, 2.24) is 40.4 Å². The predicted molar refractivity (Wildman–Crippen MR) is 136 cm³/mol. The van der Waals surface area contributed by atoms with Crippen molar-refractivity contribution in [3.05, 3.63) is 17.3 Å². The molecule has 1 saturated carbocycles. The summed E-state index contributed by atoms with van der Waals surface area (Å²) in [6.07, 6.45) is 6.40. The summed E-state index contributed by atoms with van der Waals surface area (Å²) < 4.78 is 36.7. The van der Waals surface area contributed by atoms with Crippen molar-refractivity contribution in [2.75, 3.05) is 32.2 Å². The molecule has 0 aromatic carbocycles. The summed E-state index contributed by atoms with van der Waals surface area (Å²) >= 11 is 6.25. The normalized spacial score (nSPS) is 22.1. The molecule has 3 aromatic rings. The number of nitrogens with one attached hydrogen (secondary N) is 2. The molecule has 3 aromatic heterocycles. The highest BCUT2D eigenvalue weighted by atomic mass is 35.5. The van der Waals surface area contributed by atoms with Crippen LogP contribution in [0.15, 0.2) is 6.20 Å². The fraction of sp³-hybridized carbons (Fsp3) is 0.714. The fourth-order valence-electron chi connectivity index (χ4n) is 4.87. The van der Waals surface area contributed by atoms with Crippen LogP contribution in [0.1, 0.15) is 50.6 Å². The first kappa shape index (κ1) is 28.2. The van der Waals surface area contributed by atoms with E-state index < -0.39 is 38.5 Å². The standard InChI is InChI=1S/C21H31ClN9O7P/c1-35-11-21(39(32,33)34,12-36-10-16-27-29-30-28-16)37-9-14-6-7-17(38-14)31-19-15(8-23-31)18(25-20(22)26-19)24-13-4-2-3-5-13/h8,13-14,17H,2-7,9-12H2,1H3,(H,24,25,26)(H2,32,33,34)(H,27,28,29,30)/t14-,17+,21+/m0/s1. The van der Waals surface area contributed by atoms with Gasteiger partial charge >= 0.3 is 7.60 Å². The number of nitrogens with zero attached hydrogens (tertiary/aromatic N) is 7. The van der Waals surface area contributed by atoms with Gasteiger partial charge in [0.25, 0.3) is 0 Å². The second kappa shape index (κ2) is 12.1. The summed E-state index contributed by atoms with van der Waals surface area (Å²) in [5.41, 5.74) is 0.542. The van der Waals surface area contributed by atoms with Crippen LogP contribution >= 0.6 is 19.2 Å². The van der Waals surface area contributed by atoms with Crippen LogP contribution in [0.4, 0.5) is 5.82 Å². The Kier molecular flexibility index (Phi) is 8.73. The van der Waals surface area contributed by atoms with Crippen LogP contribution in [0.2, 0.25) is 5.28 Å². The molecule has 5 rings (SSSR count). The van der Waals surface area contributed by atoms with Crippen molar-refractivity contribution < 1.29 is 33.3 Å². The number of aromatic nitrogens is 8. The van der Waals surface area contributed by atoms with Crippen LogP contribution in [0, 0.1) is 0 Å². The van der Waals surface area contributed by atoms with Crippen molar-refractivity contribution in [3.8, 4) is 0 Å². The number of rotatable bonds is 13. The van der Waals surface area contributed by atoms with Gasteiger partial charge in [0, 0.05) is 13.2 Å². The molecule has 1 aliphatic heterocycles. The van der Waals surface area contributed by atoms with E-state index in [1.807, 2.05) is 0 Å². The Morgan fingerprint density at radius 3 is 2.79 bits per heavy atom. The number of methoxy groups -OCH3 is 1. The van der Waals surface area contributed by atoms with E-state index in [1.165, 1.54) is 20.0 Å². The summed E-state index contributed by atoms with van der Waals surface area (Å²) in [7, 11) is -3.53. The number of hydrogen-bond donors (Lipinski definition) is 4. The highest BCUT2D eigenvalue weighted by Gasteiger charge is 2.50. The Balaban J connectivity index is 1.25. The average molecular weight is 588 g/mol. The zero-order chi connectivity index (χ0) is 27.5. The summed E-state index contributed by atoms with van der Waals surface area (Å²) in [4.78, 5) is 29.1. The molecule has 4 N–H and O–H groups in total. The van der Waals surface area contributed by atoms with Crippen LogP contribution in [0.3, 0.4) is 0 Å². The smallest absolute Gasteiger partial charge is 0.361 e. The van der Waals surface area contributed by atoms with E-state index in [2.05, 4.69) is 41.0 Å². The number of hydrogen-bond acceptors (Lipinski definition) is 12. The minimum absolute atomic E-state index is 0.106. The quantitative estimate of drug-likeness (QED) is 0.166. The summed E-state index contributed by atoms with van der Waals surface area (Å²) in [6, 6.07) is 0.337. The van der Waals surface area contributed by atoms with E-state index in [0.29, 0.717) is 30.3 Å². The molecule has 39 heavy (non-hydrogen) atoms. The molecule has 0 bridgehead atoms. The van der Waals surface area contributed by atoms with Gasteiger partial charge in [-0.2, -0.15) is 20.3 Å². The maximum atomic E-state index is 12.5. The van der Waals surface area contributed by atoms with E-state index in [-0.39, 0.29) is 24.3 Å². The summed E-state index contributed by atoms with van der Waals surface area (Å²) in [5.74, 6) is 0.874. The molecule has 2 aliphatic rings. The average Bonchev–Trinajstić information content (AvgIpc) is 3.69. The van der Waals surface area contributed by atoms with Gasteiger partial charge in [-0.3, -0.25) is 4.57 Å². The monoisotopic (exact) mass is 587 g/mol. The van der Waals surface area contributed by atoms with Gasteiger partial charge in [0.15, 0.2) is 17.7 Å². The van der Waals surface area contributed by atoms with Gasteiger partial charge in [0.05, 0.1) is 37.5 Å². The maximum Gasteiger partial charge on any atom is 0.361 e. The number of tetrazole rings is 1. The zero-order valence-electron chi connectivity index (χ0n) is 21.3. The lowest BCUT2D eigenvalue weighted by Gasteiger charge is -2.34. The third kappa shape index (κ3) is 6.38. The van der Waals surface area contributed by atoms with Gasteiger partial charge in [-0.05, 0) is 37.3 Å². The largest absolute Gasteiger partial charge is 0.381 e. The summed E-state index contributed by atoms with van der Waals surface area (Å²) in [6.45, 7) is -1.11. The second-order valence-corrected chi connectivity index (χ2v) is 11.9. The molecule has 4 heterocycles. The Hall–Kier alpha value is -2.30. The minimum Gasteiger partial charge on any atom is -0.381 e.